The normalized spacial score (nSPS) is 17.4. The molecule has 1 saturated heterocycles. The van der Waals surface area contributed by atoms with Crippen LogP contribution in [-0.2, 0) is 4.74 Å². The summed E-state index contributed by atoms with van der Waals surface area (Å²) in [6.45, 7) is 4.91. The zero-order valence-electron chi connectivity index (χ0n) is 15.5. The Bertz CT molecular complexity index is 656. The van der Waals surface area contributed by atoms with E-state index in [1.807, 2.05) is 48.5 Å². The molecule has 2 aromatic rings. The summed E-state index contributed by atoms with van der Waals surface area (Å²) < 4.78 is 6.15. The molecule has 1 atom stereocenters. The average Bonchev–Trinajstić information content (AvgIpc) is 2.66. The zero-order chi connectivity index (χ0) is 19.2. The Hall–Kier alpha value is -1.14. The lowest BCUT2D eigenvalue weighted by Crippen LogP contribution is -2.47. The van der Waals surface area contributed by atoms with Crippen LogP contribution in [0.15, 0.2) is 48.5 Å². The lowest BCUT2D eigenvalue weighted by atomic mass is 10.0. The van der Waals surface area contributed by atoms with Crippen LogP contribution in [0.5, 0.6) is 0 Å². The summed E-state index contributed by atoms with van der Waals surface area (Å²) in [5, 5.41) is 11.8. The van der Waals surface area contributed by atoms with Gasteiger partial charge >= 0.3 is 0 Å². The summed E-state index contributed by atoms with van der Waals surface area (Å²) in [5.74, 6) is 0. The van der Waals surface area contributed by atoms with Gasteiger partial charge in [0.05, 0.1) is 12.7 Å². The lowest BCUT2D eigenvalue weighted by Gasteiger charge is -2.33. The van der Waals surface area contributed by atoms with Gasteiger partial charge in [-0.05, 0) is 42.4 Å². The molecule has 1 unspecified atom stereocenters. The number of hydrogen-bond donors (Lipinski definition) is 1. The van der Waals surface area contributed by atoms with Crippen LogP contribution in [0.2, 0.25) is 10.0 Å². The molecule has 27 heavy (non-hydrogen) atoms. The number of nitrogens with zero attached hydrogens (tertiary/aromatic N) is 2. The van der Waals surface area contributed by atoms with E-state index in [9.17, 15) is 5.11 Å². The number of piperazine rings is 1. The molecule has 0 radical (unpaired) electrons. The van der Waals surface area contributed by atoms with Gasteiger partial charge in [-0.15, -0.1) is 0 Å². The van der Waals surface area contributed by atoms with E-state index >= 15 is 0 Å². The number of aliphatic hydroxyl groups excluding tert-OH is 1. The molecule has 1 aliphatic heterocycles. The van der Waals surface area contributed by atoms with Crippen LogP contribution in [0.4, 0.5) is 0 Å². The molecular formula is C21H26Cl2N2O2. The zero-order valence-corrected chi connectivity index (χ0v) is 17.0. The summed E-state index contributed by atoms with van der Waals surface area (Å²) >= 11 is 12.0. The van der Waals surface area contributed by atoms with Crippen molar-refractivity contribution >= 4 is 23.2 Å². The van der Waals surface area contributed by atoms with Crippen molar-refractivity contribution in [2.75, 3.05) is 46.4 Å². The van der Waals surface area contributed by atoms with Crippen molar-refractivity contribution in [2.45, 2.75) is 12.2 Å². The second kappa shape index (κ2) is 9.87. The minimum absolute atomic E-state index is 0.266. The van der Waals surface area contributed by atoms with Gasteiger partial charge in [0.2, 0.25) is 0 Å². The van der Waals surface area contributed by atoms with Gasteiger partial charge in [0, 0.05) is 42.8 Å². The number of hydrogen-bond acceptors (Lipinski definition) is 4. The van der Waals surface area contributed by atoms with Crippen LogP contribution in [0.25, 0.3) is 0 Å². The number of rotatable bonds is 7. The van der Waals surface area contributed by atoms with Crippen molar-refractivity contribution in [1.82, 2.24) is 9.80 Å². The Labute approximate surface area is 171 Å². The van der Waals surface area contributed by atoms with E-state index in [4.69, 9.17) is 27.9 Å². The monoisotopic (exact) mass is 408 g/mol. The van der Waals surface area contributed by atoms with Gasteiger partial charge in [0.1, 0.15) is 6.10 Å². The molecule has 0 saturated carbocycles. The molecule has 1 N–H and O–H groups in total. The first-order chi connectivity index (χ1) is 13.0. The Balaban J connectivity index is 1.64. The molecule has 4 nitrogen and oxygen atoms in total. The molecule has 0 aromatic heterocycles. The first-order valence-electron chi connectivity index (χ1n) is 9.23. The number of β-amino-alcohol motifs (C(OH)–C–C–N with tert-alkyl or cyclic N) is 1. The summed E-state index contributed by atoms with van der Waals surface area (Å²) in [6.07, 6.45) is -0.808. The highest BCUT2D eigenvalue weighted by Gasteiger charge is 2.20. The van der Waals surface area contributed by atoms with Crippen molar-refractivity contribution in [3.8, 4) is 0 Å². The Morgan fingerprint density at radius 2 is 1.37 bits per heavy atom. The Morgan fingerprint density at radius 3 is 1.85 bits per heavy atom. The van der Waals surface area contributed by atoms with E-state index in [1.54, 1.807) is 0 Å². The van der Waals surface area contributed by atoms with E-state index in [1.165, 1.54) is 0 Å². The first kappa shape index (κ1) is 20.6. The van der Waals surface area contributed by atoms with Crippen molar-refractivity contribution in [3.05, 3.63) is 69.7 Å². The van der Waals surface area contributed by atoms with E-state index < -0.39 is 6.10 Å². The van der Waals surface area contributed by atoms with Gasteiger partial charge in [-0.2, -0.15) is 0 Å². The summed E-state index contributed by atoms with van der Waals surface area (Å²) in [7, 11) is 2.12. The first-order valence-corrected chi connectivity index (χ1v) is 9.98. The van der Waals surface area contributed by atoms with Gasteiger partial charge in [0.25, 0.3) is 0 Å². The fourth-order valence-electron chi connectivity index (χ4n) is 3.25. The standard InChI is InChI=1S/C21H26Cl2N2O2/c1-24-10-12-25(13-11-24)14-20(26)15-27-21(16-2-6-18(22)7-3-16)17-4-8-19(23)9-5-17/h2-9,20-21,26H,10-15H2,1H3. The molecule has 1 heterocycles. The highest BCUT2D eigenvalue weighted by Crippen LogP contribution is 2.28. The van der Waals surface area contributed by atoms with Crippen LogP contribution >= 0.6 is 23.2 Å². The predicted molar refractivity (Wildman–Crippen MR) is 111 cm³/mol. The van der Waals surface area contributed by atoms with Gasteiger partial charge < -0.3 is 14.7 Å². The van der Waals surface area contributed by atoms with Crippen LogP contribution in [0, 0.1) is 0 Å². The topological polar surface area (TPSA) is 35.9 Å². The van der Waals surface area contributed by atoms with Gasteiger partial charge in [-0.1, -0.05) is 47.5 Å². The molecule has 146 valence electrons. The average molecular weight is 409 g/mol. The smallest absolute Gasteiger partial charge is 0.108 e. The maximum atomic E-state index is 10.5. The van der Waals surface area contributed by atoms with E-state index in [0.717, 1.165) is 37.3 Å². The third kappa shape index (κ3) is 6.18. The van der Waals surface area contributed by atoms with Crippen molar-refractivity contribution in [1.29, 1.82) is 0 Å². The molecule has 1 aliphatic rings. The third-order valence-electron chi connectivity index (χ3n) is 4.87. The third-order valence-corrected chi connectivity index (χ3v) is 5.37. The molecule has 0 bridgehead atoms. The minimum atomic E-state index is -0.532. The number of benzene rings is 2. The summed E-state index contributed by atoms with van der Waals surface area (Å²) in [6, 6.07) is 15.2. The largest absolute Gasteiger partial charge is 0.389 e. The van der Waals surface area contributed by atoms with Gasteiger partial charge in [0.15, 0.2) is 0 Å². The highest BCUT2D eigenvalue weighted by atomic mass is 35.5. The second-order valence-corrected chi connectivity index (χ2v) is 7.95. The van der Waals surface area contributed by atoms with Crippen LogP contribution in [0.3, 0.4) is 0 Å². The molecule has 2 aromatic carbocycles. The SMILES string of the molecule is CN1CCN(CC(O)COC(c2ccc(Cl)cc2)c2ccc(Cl)cc2)CC1. The number of ether oxygens (including phenoxy) is 1. The second-order valence-electron chi connectivity index (χ2n) is 7.07. The van der Waals surface area contributed by atoms with Gasteiger partial charge in [-0.3, -0.25) is 4.90 Å². The number of halogens is 2. The number of aliphatic hydroxyl groups is 1. The van der Waals surface area contributed by atoms with Crippen molar-refractivity contribution < 1.29 is 9.84 Å². The fourth-order valence-corrected chi connectivity index (χ4v) is 3.50. The molecule has 0 amide bonds. The maximum Gasteiger partial charge on any atom is 0.108 e. The van der Waals surface area contributed by atoms with E-state index in [-0.39, 0.29) is 12.7 Å². The predicted octanol–water partition coefficient (Wildman–Crippen LogP) is 3.71. The van der Waals surface area contributed by atoms with Crippen LogP contribution < -0.4 is 0 Å². The van der Waals surface area contributed by atoms with E-state index in [2.05, 4.69) is 16.8 Å². The Kier molecular flexibility index (Phi) is 7.53. The summed E-state index contributed by atoms with van der Waals surface area (Å²) in [4.78, 5) is 4.59. The Morgan fingerprint density at radius 1 is 0.889 bits per heavy atom. The fraction of sp³-hybridized carbons (Fsp3) is 0.429. The van der Waals surface area contributed by atoms with Crippen LogP contribution in [-0.4, -0.2) is 67.4 Å². The molecule has 0 spiro atoms. The molecule has 3 rings (SSSR count). The lowest BCUT2D eigenvalue weighted by molar-refractivity contribution is -0.0134. The highest BCUT2D eigenvalue weighted by molar-refractivity contribution is 6.30. The van der Waals surface area contributed by atoms with E-state index in [0.29, 0.717) is 16.6 Å². The number of likely N-dealkylation sites (N-methyl/N-ethyl adjacent to an activating group) is 1. The molecule has 6 heteroatoms. The molecule has 1 fully saturated rings. The molecule has 0 aliphatic carbocycles. The van der Waals surface area contributed by atoms with Crippen molar-refractivity contribution in [2.24, 2.45) is 0 Å². The van der Waals surface area contributed by atoms with Gasteiger partial charge in [-0.25, -0.2) is 0 Å². The van der Waals surface area contributed by atoms with Crippen LogP contribution in [0.1, 0.15) is 17.2 Å². The summed E-state index contributed by atoms with van der Waals surface area (Å²) in [5.41, 5.74) is 1.99. The molecular weight excluding hydrogens is 383 g/mol. The maximum absolute atomic E-state index is 10.5. The minimum Gasteiger partial charge on any atom is -0.389 e. The van der Waals surface area contributed by atoms with Crippen molar-refractivity contribution in [3.63, 3.8) is 0 Å². The quantitative estimate of drug-likeness (QED) is 0.757.